The van der Waals surface area contributed by atoms with E-state index in [1.807, 2.05) is 12.1 Å². The highest BCUT2D eigenvalue weighted by molar-refractivity contribution is 6.20. The van der Waals surface area contributed by atoms with Crippen LogP contribution in [0.25, 0.3) is 101 Å². The fourth-order valence-electron chi connectivity index (χ4n) is 7.60. The van der Waals surface area contributed by atoms with Crippen molar-refractivity contribution in [3.05, 3.63) is 188 Å². The van der Waals surface area contributed by atoms with Crippen LogP contribution in [0.5, 0.6) is 0 Å². The Morgan fingerprint density at radius 1 is 0.231 bits per heavy atom. The second kappa shape index (κ2) is 12.4. The molecule has 242 valence electrons. The summed E-state index contributed by atoms with van der Waals surface area (Å²) in [5.74, 6) is 1.93. The maximum atomic E-state index is 5.25. The smallest absolute Gasteiger partial charge is 0.164 e. The second-order valence-electron chi connectivity index (χ2n) is 13.2. The average Bonchev–Trinajstić information content (AvgIpc) is 3.57. The largest absolute Gasteiger partial charge is 0.208 e. The summed E-state index contributed by atoms with van der Waals surface area (Å²) in [7, 11) is 0. The Balaban J connectivity index is 1.18. The van der Waals surface area contributed by atoms with Gasteiger partial charge in [-0.25, -0.2) is 15.0 Å². The fraction of sp³-hybridized carbons (Fsp3) is 0. The third-order valence-corrected chi connectivity index (χ3v) is 10.1. The van der Waals surface area contributed by atoms with Gasteiger partial charge in [-0.05, 0) is 66.9 Å². The van der Waals surface area contributed by atoms with Crippen LogP contribution in [0.3, 0.4) is 0 Å². The molecular weight excluding hydrogens is 631 g/mol. The second-order valence-corrected chi connectivity index (χ2v) is 13.2. The molecule has 0 aliphatic heterocycles. The van der Waals surface area contributed by atoms with Gasteiger partial charge in [0.15, 0.2) is 17.5 Å². The Kier molecular flexibility index (Phi) is 7.14. The van der Waals surface area contributed by atoms with Gasteiger partial charge in [-0.3, -0.25) is 0 Å². The lowest BCUT2D eigenvalue weighted by Gasteiger charge is -2.16. The molecular formula is C49H31N3. The highest BCUT2D eigenvalue weighted by Gasteiger charge is 2.29. The van der Waals surface area contributed by atoms with E-state index in [2.05, 4.69) is 176 Å². The van der Waals surface area contributed by atoms with Crippen LogP contribution in [0.1, 0.15) is 0 Å². The zero-order valence-electron chi connectivity index (χ0n) is 28.2. The van der Waals surface area contributed by atoms with Crippen LogP contribution in [0.4, 0.5) is 0 Å². The first kappa shape index (κ1) is 29.9. The monoisotopic (exact) mass is 661 g/mol. The minimum absolute atomic E-state index is 0.640. The van der Waals surface area contributed by atoms with Crippen molar-refractivity contribution < 1.29 is 0 Å². The summed E-state index contributed by atoms with van der Waals surface area (Å²) < 4.78 is 0. The zero-order chi connectivity index (χ0) is 34.4. The summed E-state index contributed by atoms with van der Waals surface area (Å²) in [4.78, 5) is 15.6. The third kappa shape index (κ3) is 5.10. The van der Waals surface area contributed by atoms with Crippen molar-refractivity contribution in [2.45, 2.75) is 0 Å². The average molecular weight is 662 g/mol. The summed E-state index contributed by atoms with van der Waals surface area (Å²) in [6, 6.07) is 66.2. The Morgan fingerprint density at radius 2 is 0.615 bits per heavy atom. The summed E-state index contributed by atoms with van der Waals surface area (Å²) in [5, 5.41) is 2.50. The number of nitrogens with zero attached hydrogens (tertiary/aromatic N) is 3. The van der Waals surface area contributed by atoms with Crippen LogP contribution >= 0.6 is 0 Å². The van der Waals surface area contributed by atoms with Crippen LogP contribution in [0.15, 0.2) is 188 Å². The van der Waals surface area contributed by atoms with E-state index in [1.54, 1.807) is 0 Å². The molecule has 9 aromatic rings. The molecule has 0 amide bonds. The number of fused-ring (bicyclic) bond motifs is 3. The molecule has 0 saturated heterocycles. The molecule has 0 radical (unpaired) electrons. The van der Waals surface area contributed by atoms with E-state index in [1.165, 1.54) is 49.7 Å². The molecule has 1 aliphatic rings. The lowest BCUT2D eigenvalue weighted by Crippen LogP contribution is -2.01. The molecule has 1 heterocycles. The Hall–Kier alpha value is -6.97. The molecule has 1 aromatic heterocycles. The van der Waals surface area contributed by atoms with E-state index in [-0.39, 0.29) is 0 Å². The SMILES string of the molecule is c1ccc(-c2ccc(-c3nc(-c4ccc(-c5ccccc5)cc4)nc(-c4ccc(-c5ccccc5)c5c4-c4cccc6cccc-5c46)n3)cc2)cc1. The molecule has 0 bridgehead atoms. The molecule has 52 heavy (non-hydrogen) atoms. The number of hydrogen-bond acceptors (Lipinski definition) is 3. The van der Waals surface area contributed by atoms with E-state index < -0.39 is 0 Å². The van der Waals surface area contributed by atoms with Gasteiger partial charge in [-0.2, -0.15) is 0 Å². The molecule has 10 rings (SSSR count). The van der Waals surface area contributed by atoms with Crippen molar-refractivity contribution in [3.63, 3.8) is 0 Å². The molecule has 8 aromatic carbocycles. The number of rotatable bonds is 6. The van der Waals surface area contributed by atoms with Crippen LogP contribution in [-0.2, 0) is 0 Å². The summed E-state index contributed by atoms with van der Waals surface area (Å²) in [6.07, 6.45) is 0. The van der Waals surface area contributed by atoms with Crippen molar-refractivity contribution in [3.8, 4) is 89.8 Å². The van der Waals surface area contributed by atoms with Gasteiger partial charge in [0.2, 0.25) is 0 Å². The maximum Gasteiger partial charge on any atom is 0.164 e. The fourth-order valence-corrected chi connectivity index (χ4v) is 7.60. The van der Waals surface area contributed by atoms with E-state index in [0.717, 1.165) is 33.4 Å². The van der Waals surface area contributed by atoms with Gasteiger partial charge < -0.3 is 0 Å². The minimum atomic E-state index is 0.640. The van der Waals surface area contributed by atoms with Gasteiger partial charge in [0.25, 0.3) is 0 Å². The van der Waals surface area contributed by atoms with Crippen LogP contribution in [-0.4, -0.2) is 15.0 Å². The van der Waals surface area contributed by atoms with Crippen molar-refractivity contribution in [1.82, 2.24) is 15.0 Å². The normalized spacial score (nSPS) is 11.5. The van der Waals surface area contributed by atoms with Gasteiger partial charge in [-0.15, -0.1) is 0 Å². The first-order chi connectivity index (χ1) is 25.8. The maximum absolute atomic E-state index is 5.25. The van der Waals surface area contributed by atoms with E-state index in [4.69, 9.17) is 15.0 Å². The summed E-state index contributed by atoms with van der Waals surface area (Å²) >= 11 is 0. The molecule has 0 spiro atoms. The predicted molar refractivity (Wildman–Crippen MR) is 214 cm³/mol. The van der Waals surface area contributed by atoms with Gasteiger partial charge in [0.05, 0.1) is 0 Å². The van der Waals surface area contributed by atoms with Gasteiger partial charge in [0, 0.05) is 22.3 Å². The van der Waals surface area contributed by atoms with E-state index in [9.17, 15) is 0 Å². The molecule has 0 fully saturated rings. The van der Waals surface area contributed by atoms with Gasteiger partial charge in [0.1, 0.15) is 0 Å². The zero-order valence-corrected chi connectivity index (χ0v) is 28.2. The first-order valence-electron chi connectivity index (χ1n) is 17.6. The molecule has 0 saturated carbocycles. The molecule has 0 atom stereocenters. The van der Waals surface area contributed by atoms with Crippen molar-refractivity contribution >= 4 is 10.8 Å². The quantitative estimate of drug-likeness (QED) is 0.178. The lowest BCUT2D eigenvalue weighted by atomic mass is 9.90. The van der Waals surface area contributed by atoms with E-state index >= 15 is 0 Å². The Bertz CT molecular complexity index is 2630. The van der Waals surface area contributed by atoms with Crippen LogP contribution in [0.2, 0.25) is 0 Å². The van der Waals surface area contributed by atoms with Crippen molar-refractivity contribution in [1.29, 1.82) is 0 Å². The highest BCUT2D eigenvalue weighted by atomic mass is 15.0. The standard InChI is InChI=1S/C49H31N3/c1-4-12-32(13-5-1)34-22-26-38(27-23-34)47-50-48(39-28-24-35(25-29-39)33-14-6-2-7-15-33)52-49(51-47)43-31-30-40(36-16-8-3-9-17-36)45-41-20-10-18-37-19-11-21-42(44(37)41)46(43)45/h1-31H. The molecule has 3 heteroatoms. The Labute approximate surface area is 302 Å². The first-order valence-corrected chi connectivity index (χ1v) is 17.6. The third-order valence-electron chi connectivity index (χ3n) is 10.1. The van der Waals surface area contributed by atoms with Crippen LogP contribution in [0, 0.1) is 0 Å². The van der Waals surface area contributed by atoms with Crippen LogP contribution < -0.4 is 0 Å². The topological polar surface area (TPSA) is 38.7 Å². The number of aromatic nitrogens is 3. The molecule has 3 nitrogen and oxygen atoms in total. The predicted octanol–water partition coefficient (Wildman–Crippen LogP) is 12.7. The van der Waals surface area contributed by atoms with Gasteiger partial charge in [-0.1, -0.05) is 182 Å². The summed E-state index contributed by atoms with van der Waals surface area (Å²) in [5.41, 5.74) is 14.7. The van der Waals surface area contributed by atoms with Crippen molar-refractivity contribution in [2.75, 3.05) is 0 Å². The minimum Gasteiger partial charge on any atom is -0.208 e. The molecule has 0 unspecified atom stereocenters. The van der Waals surface area contributed by atoms with Gasteiger partial charge >= 0.3 is 0 Å². The molecule has 0 N–H and O–H groups in total. The van der Waals surface area contributed by atoms with Crippen molar-refractivity contribution in [2.24, 2.45) is 0 Å². The van der Waals surface area contributed by atoms with E-state index in [0.29, 0.717) is 17.5 Å². The highest BCUT2D eigenvalue weighted by Crippen LogP contribution is 2.54. The number of benzene rings is 8. The Morgan fingerprint density at radius 3 is 1.12 bits per heavy atom. The molecule has 1 aliphatic carbocycles. The summed E-state index contributed by atoms with van der Waals surface area (Å²) in [6.45, 7) is 0. The lowest BCUT2D eigenvalue weighted by molar-refractivity contribution is 1.07. The number of hydrogen-bond donors (Lipinski definition) is 0.